The first-order valence-electron chi connectivity index (χ1n) is 8.09. The van der Waals surface area contributed by atoms with Gasteiger partial charge in [-0.1, -0.05) is 29.8 Å². The van der Waals surface area contributed by atoms with Crippen molar-refractivity contribution in [2.75, 3.05) is 19.3 Å². The van der Waals surface area contributed by atoms with Crippen LogP contribution in [0.4, 0.5) is 0 Å². The van der Waals surface area contributed by atoms with Crippen LogP contribution in [0, 0.1) is 20.8 Å². The summed E-state index contributed by atoms with van der Waals surface area (Å²) in [5.74, 6) is 4.36. The van der Waals surface area contributed by atoms with E-state index in [1.807, 2.05) is 25.6 Å². The van der Waals surface area contributed by atoms with Gasteiger partial charge < -0.3 is 15.1 Å². The molecule has 1 aromatic carbocycles. The Morgan fingerprint density at radius 3 is 2.48 bits per heavy atom. The van der Waals surface area contributed by atoms with E-state index in [0.717, 1.165) is 35.5 Å². The van der Waals surface area contributed by atoms with Gasteiger partial charge in [0.05, 0.1) is 12.2 Å². The molecule has 2 N–H and O–H groups in total. The SMILES string of the molecule is CN=C(NCCSCc1ccc(C)cc1)NCc1nc(C)c(C)o1.I. The Morgan fingerprint density at radius 1 is 1.16 bits per heavy atom. The summed E-state index contributed by atoms with van der Waals surface area (Å²) < 4.78 is 5.55. The normalized spacial score (nSPS) is 11.1. The standard InChI is InChI=1S/C18H26N4OS.HI/c1-13-5-7-16(8-6-13)12-24-10-9-20-18(19-4)21-11-17-22-14(2)15(3)23-17;/h5-8H,9-12H2,1-4H3,(H2,19,20,21);1H. The highest BCUT2D eigenvalue weighted by molar-refractivity contribution is 14.0. The molecule has 0 saturated heterocycles. The van der Waals surface area contributed by atoms with Crippen LogP contribution in [0.15, 0.2) is 33.7 Å². The molecule has 0 atom stereocenters. The van der Waals surface area contributed by atoms with Crippen LogP contribution in [0.5, 0.6) is 0 Å². The van der Waals surface area contributed by atoms with Gasteiger partial charge in [-0.3, -0.25) is 4.99 Å². The van der Waals surface area contributed by atoms with Crippen molar-refractivity contribution >= 4 is 41.7 Å². The fourth-order valence-corrected chi connectivity index (χ4v) is 2.93. The molecule has 0 saturated carbocycles. The number of rotatable bonds is 7. The minimum Gasteiger partial charge on any atom is -0.444 e. The van der Waals surface area contributed by atoms with Crippen molar-refractivity contribution in [2.24, 2.45) is 4.99 Å². The van der Waals surface area contributed by atoms with Gasteiger partial charge in [0.1, 0.15) is 5.76 Å². The molecule has 2 rings (SSSR count). The summed E-state index contributed by atoms with van der Waals surface area (Å²) in [6.07, 6.45) is 0. The predicted octanol–water partition coefficient (Wildman–Crippen LogP) is 3.82. The third-order valence-corrected chi connectivity index (χ3v) is 4.66. The lowest BCUT2D eigenvalue weighted by atomic mass is 10.2. The van der Waals surface area contributed by atoms with Crippen LogP contribution in [0.1, 0.15) is 28.5 Å². The first kappa shape index (κ1) is 21.8. The number of benzene rings is 1. The summed E-state index contributed by atoms with van der Waals surface area (Å²) >= 11 is 1.91. The number of guanidine groups is 1. The highest BCUT2D eigenvalue weighted by atomic mass is 127. The molecule has 0 amide bonds. The third-order valence-electron chi connectivity index (χ3n) is 3.63. The monoisotopic (exact) mass is 474 g/mol. The molecule has 0 fully saturated rings. The van der Waals surface area contributed by atoms with E-state index in [-0.39, 0.29) is 24.0 Å². The van der Waals surface area contributed by atoms with Crippen molar-refractivity contribution in [3.05, 3.63) is 52.7 Å². The zero-order valence-electron chi connectivity index (χ0n) is 15.3. The van der Waals surface area contributed by atoms with Crippen molar-refractivity contribution < 1.29 is 4.42 Å². The Labute approximate surface area is 171 Å². The van der Waals surface area contributed by atoms with Crippen molar-refractivity contribution in [3.63, 3.8) is 0 Å². The number of aromatic nitrogens is 1. The maximum atomic E-state index is 5.55. The molecule has 0 aliphatic carbocycles. The molecule has 25 heavy (non-hydrogen) atoms. The molecule has 5 nitrogen and oxygen atoms in total. The number of hydrogen-bond acceptors (Lipinski definition) is 4. The van der Waals surface area contributed by atoms with Gasteiger partial charge in [-0.2, -0.15) is 11.8 Å². The van der Waals surface area contributed by atoms with Crippen LogP contribution in [0.2, 0.25) is 0 Å². The quantitative estimate of drug-likeness (QED) is 0.277. The van der Waals surface area contributed by atoms with E-state index in [0.29, 0.717) is 12.4 Å². The lowest BCUT2D eigenvalue weighted by Crippen LogP contribution is -2.38. The number of halogens is 1. The Balaban J connectivity index is 0.00000312. The topological polar surface area (TPSA) is 62.5 Å². The van der Waals surface area contributed by atoms with Gasteiger partial charge in [-0.25, -0.2) is 4.98 Å². The van der Waals surface area contributed by atoms with Gasteiger partial charge in [0.15, 0.2) is 5.96 Å². The fraction of sp³-hybridized carbons (Fsp3) is 0.444. The number of nitrogens with zero attached hydrogens (tertiary/aromatic N) is 2. The summed E-state index contributed by atoms with van der Waals surface area (Å²) in [7, 11) is 1.76. The number of oxazole rings is 1. The first-order valence-corrected chi connectivity index (χ1v) is 9.24. The lowest BCUT2D eigenvalue weighted by molar-refractivity contribution is 0.464. The highest BCUT2D eigenvalue weighted by Crippen LogP contribution is 2.12. The zero-order valence-corrected chi connectivity index (χ0v) is 18.4. The third kappa shape index (κ3) is 7.68. The fourth-order valence-electron chi connectivity index (χ4n) is 2.11. The maximum Gasteiger partial charge on any atom is 0.214 e. The second-order valence-electron chi connectivity index (χ2n) is 5.64. The van der Waals surface area contributed by atoms with E-state index in [2.05, 4.69) is 51.8 Å². The summed E-state index contributed by atoms with van der Waals surface area (Å²) in [6, 6.07) is 8.70. The van der Waals surface area contributed by atoms with Crippen molar-refractivity contribution in [2.45, 2.75) is 33.1 Å². The van der Waals surface area contributed by atoms with Crippen LogP contribution >= 0.6 is 35.7 Å². The van der Waals surface area contributed by atoms with Crippen LogP contribution < -0.4 is 10.6 Å². The summed E-state index contributed by atoms with van der Waals surface area (Å²) in [5, 5.41) is 6.52. The van der Waals surface area contributed by atoms with Gasteiger partial charge >= 0.3 is 0 Å². The molecule has 138 valence electrons. The summed E-state index contributed by atoms with van der Waals surface area (Å²) in [4.78, 5) is 8.56. The molecule has 7 heteroatoms. The van der Waals surface area contributed by atoms with E-state index >= 15 is 0 Å². The Bertz CT molecular complexity index is 651. The Hall–Kier alpha value is -1.22. The second-order valence-corrected chi connectivity index (χ2v) is 6.75. The van der Waals surface area contributed by atoms with Crippen molar-refractivity contribution in [1.29, 1.82) is 0 Å². The molecular formula is C18H27IN4OS. The molecule has 0 aliphatic heterocycles. The minimum atomic E-state index is 0. The zero-order chi connectivity index (χ0) is 17.4. The van der Waals surface area contributed by atoms with E-state index < -0.39 is 0 Å². The smallest absolute Gasteiger partial charge is 0.214 e. The number of aryl methyl sites for hydroxylation is 3. The number of hydrogen-bond donors (Lipinski definition) is 2. The van der Waals surface area contributed by atoms with Crippen molar-refractivity contribution in [3.8, 4) is 0 Å². The van der Waals surface area contributed by atoms with Crippen LogP contribution in [-0.4, -0.2) is 30.3 Å². The highest BCUT2D eigenvalue weighted by Gasteiger charge is 2.06. The number of thioether (sulfide) groups is 1. The average Bonchev–Trinajstić information content (AvgIpc) is 2.90. The molecule has 0 spiro atoms. The van der Waals surface area contributed by atoms with E-state index in [9.17, 15) is 0 Å². The summed E-state index contributed by atoms with van der Waals surface area (Å²) in [6.45, 7) is 7.37. The number of nitrogens with one attached hydrogen (secondary N) is 2. The minimum absolute atomic E-state index is 0. The molecule has 1 aromatic heterocycles. The molecule has 1 heterocycles. The maximum absolute atomic E-state index is 5.55. The Kier molecular flexibility index (Phi) is 9.96. The van der Waals surface area contributed by atoms with Crippen LogP contribution in [0.3, 0.4) is 0 Å². The molecule has 0 radical (unpaired) electrons. The average molecular weight is 474 g/mol. The first-order chi connectivity index (χ1) is 11.6. The molecule has 0 unspecified atom stereocenters. The van der Waals surface area contributed by atoms with Gasteiger partial charge in [0, 0.05) is 25.1 Å². The molecule has 0 aliphatic rings. The van der Waals surface area contributed by atoms with Gasteiger partial charge in [0.2, 0.25) is 5.89 Å². The van der Waals surface area contributed by atoms with Gasteiger partial charge in [-0.15, -0.1) is 24.0 Å². The second kappa shape index (κ2) is 11.4. The molecular weight excluding hydrogens is 447 g/mol. The van der Waals surface area contributed by atoms with Crippen molar-refractivity contribution in [1.82, 2.24) is 15.6 Å². The molecule has 0 bridgehead atoms. The largest absolute Gasteiger partial charge is 0.444 e. The molecule has 2 aromatic rings. The Morgan fingerprint density at radius 2 is 1.88 bits per heavy atom. The predicted molar refractivity (Wildman–Crippen MR) is 117 cm³/mol. The van der Waals surface area contributed by atoms with Crippen LogP contribution in [0.25, 0.3) is 0 Å². The van der Waals surface area contributed by atoms with E-state index in [1.165, 1.54) is 11.1 Å². The van der Waals surface area contributed by atoms with Gasteiger partial charge in [0.25, 0.3) is 0 Å². The number of aliphatic imine (C=N–C) groups is 1. The van der Waals surface area contributed by atoms with E-state index in [4.69, 9.17) is 4.42 Å². The van der Waals surface area contributed by atoms with E-state index in [1.54, 1.807) is 7.05 Å². The van der Waals surface area contributed by atoms with Gasteiger partial charge in [-0.05, 0) is 26.3 Å². The van der Waals surface area contributed by atoms with Crippen LogP contribution in [-0.2, 0) is 12.3 Å². The summed E-state index contributed by atoms with van der Waals surface area (Å²) in [5.41, 5.74) is 3.60. The lowest BCUT2D eigenvalue weighted by Gasteiger charge is -2.10.